The minimum atomic E-state index is -0.266. The molecule has 5 nitrogen and oxygen atoms in total. The van der Waals surface area contributed by atoms with E-state index < -0.39 is 0 Å². The molecule has 1 aliphatic rings. The largest absolute Gasteiger partial charge is 0.350 e. The topological polar surface area (TPSA) is 54.3 Å². The molecule has 0 spiro atoms. The first kappa shape index (κ1) is 17.4. The number of nitrogens with one attached hydrogen (secondary N) is 1. The average Bonchev–Trinajstić information content (AvgIpc) is 3.13. The Balaban J connectivity index is 1.73. The van der Waals surface area contributed by atoms with E-state index in [4.69, 9.17) is 0 Å². The Labute approximate surface area is 146 Å². The van der Waals surface area contributed by atoms with E-state index in [1.807, 2.05) is 0 Å². The summed E-state index contributed by atoms with van der Waals surface area (Å²) in [5.74, 6) is -0.486. The Hall–Kier alpha value is -2.47. The van der Waals surface area contributed by atoms with Crippen molar-refractivity contribution in [3.8, 4) is 0 Å². The fraction of sp³-hybridized carbons (Fsp3) is 0.368. The van der Waals surface area contributed by atoms with Crippen molar-refractivity contribution in [3.05, 3.63) is 69.9 Å². The fourth-order valence-electron chi connectivity index (χ4n) is 3.22. The zero-order chi connectivity index (χ0) is 17.8. The Morgan fingerprint density at radius 3 is 2.48 bits per heavy atom. The minimum Gasteiger partial charge on any atom is -0.350 e. The van der Waals surface area contributed by atoms with Gasteiger partial charge in [0.05, 0.1) is 11.6 Å². The molecule has 1 saturated heterocycles. The van der Waals surface area contributed by atoms with Crippen LogP contribution in [0.1, 0.15) is 34.8 Å². The monoisotopic (exact) mass is 343 g/mol. The number of hydrogen-bond acceptors (Lipinski definition) is 3. The number of aryl methyl sites for hydroxylation is 1. The second-order valence-electron chi connectivity index (χ2n) is 6.39. The van der Waals surface area contributed by atoms with Gasteiger partial charge in [0.1, 0.15) is 5.82 Å². The maximum atomic E-state index is 13.2. The lowest BCUT2D eigenvalue weighted by Gasteiger charge is -2.28. The summed E-state index contributed by atoms with van der Waals surface area (Å²) in [6, 6.07) is 9.38. The highest BCUT2D eigenvalue weighted by Gasteiger charge is 2.24. The molecule has 3 rings (SSSR count). The van der Waals surface area contributed by atoms with Crippen molar-refractivity contribution in [1.29, 1.82) is 0 Å². The van der Waals surface area contributed by atoms with Crippen molar-refractivity contribution < 1.29 is 9.18 Å². The van der Waals surface area contributed by atoms with E-state index in [0.29, 0.717) is 12.1 Å². The lowest BCUT2D eigenvalue weighted by molar-refractivity contribution is 0.0937. The van der Waals surface area contributed by atoms with Gasteiger partial charge in [-0.2, -0.15) is 0 Å². The first-order chi connectivity index (χ1) is 12.0. The van der Waals surface area contributed by atoms with Gasteiger partial charge < -0.3 is 9.88 Å². The number of carbonyl (C=O) groups is 1. The average molecular weight is 343 g/mol. The van der Waals surface area contributed by atoms with E-state index >= 15 is 0 Å². The van der Waals surface area contributed by atoms with Gasteiger partial charge >= 0.3 is 0 Å². The molecule has 0 saturated carbocycles. The summed E-state index contributed by atoms with van der Waals surface area (Å²) < 4.78 is 14.6. The normalized spacial score (nSPS) is 15.9. The Bertz CT molecular complexity index is 795. The van der Waals surface area contributed by atoms with Crippen LogP contribution in [-0.4, -0.2) is 35.0 Å². The number of hydrogen-bond donors (Lipinski definition) is 1. The van der Waals surface area contributed by atoms with Crippen molar-refractivity contribution in [2.75, 3.05) is 19.6 Å². The number of nitrogens with zero attached hydrogens (tertiary/aromatic N) is 2. The van der Waals surface area contributed by atoms with Crippen LogP contribution >= 0.6 is 0 Å². The van der Waals surface area contributed by atoms with Gasteiger partial charge in [0.2, 0.25) is 5.56 Å². The van der Waals surface area contributed by atoms with E-state index in [-0.39, 0.29) is 23.3 Å². The highest BCUT2D eigenvalue weighted by molar-refractivity contribution is 5.93. The van der Waals surface area contributed by atoms with Gasteiger partial charge in [0.15, 0.2) is 0 Å². The van der Waals surface area contributed by atoms with E-state index in [2.05, 4.69) is 10.2 Å². The van der Waals surface area contributed by atoms with Crippen LogP contribution in [0.15, 0.2) is 47.4 Å². The first-order valence-electron chi connectivity index (χ1n) is 8.49. The molecule has 132 valence electrons. The summed E-state index contributed by atoms with van der Waals surface area (Å²) in [5, 5.41) is 2.95. The number of amides is 1. The van der Waals surface area contributed by atoms with Crippen LogP contribution in [0.2, 0.25) is 0 Å². The number of rotatable bonds is 5. The second-order valence-corrected chi connectivity index (χ2v) is 6.39. The van der Waals surface area contributed by atoms with Crippen LogP contribution in [0.4, 0.5) is 4.39 Å². The maximum Gasteiger partial charge on any atom is 0.252 e. The van der Waals surface area contributed by atoms with Crippen molar-refractivity contribution in [2.24, 2.45) is 7.05 Å². The highest BCUT2D eigenvalue weighted by Crippen LogP contribution is 2.24. The number of pyridine rings is 1. The van der Waals surface area contributed by atoms with Gasteiger partial charge in [-0.25, -0.2) is 4.39 Å². The van der Waals surface area contributed by atoms with Gasteiger partial charge in [-0.05, 0) is 49.7 Å². The standard InChI is InChI=1S/C19H22FN3O2/c1-22-13-15(6-9-18(22)24)19(25)21-12-17(23-10-2-3-11-23)14-4-7-16(20)8-5-14/h4-9,13,17H,2-3,10-12H2,1H3,(H,21,25)/t17-/m1/s1. The number of carbonyl (C=O) groups excluding carboxylic acids is 1. The third kappa shape index (κ3) is 4.14. The summed E-state index contributed by atoms with van der Waals surface area (Å²) in [6.07, 6.45) is 3.79. The molecule has 1 aromatic heterocycles. The number of halogens is 1. The van der Waals surface area contributed by atoms with Crippen LogP contribution < -0.4 is 10.9 Å². The van der Waals surface area contributed by atoms with Crippen LogP contribution in [0, 0.1) is 5.82 Å². The molecule has 6 heteroatoms. The van der Waals surface area contributed by atoms with Gasteiger partial charge in [0, 0.05) is 25.9 Å². The Morgan fingerprint density at radius 2 is 1.84 bits per heavy atom. The van der Waals surface area contributed by atoms with Crippen LogP contribution in [0.3, 0.4) is 0 Å². The van der Waals surface area contributed by atoms with E-state index in [9.17, 15) is 14.0 Å². The van der Waals surface area contributed by atoms with Crippen molar-refractivity contribution in [3.63, 3.8) is 0 Å². The number of benzene rings is 1. The molecule has 0 aliphatic carbocycles. The SMILES string of the molecule is Cn1cc(C(=O)NC[C@H](c2ccc(F)cc2)N2CCCC2)ccc1=O. The molecule has 25 heavy (non-hydrogen) atoms. The summed E-state index contributed by atoms with van der Waals surface area (Å²) in [4.78, 5) is 26.2. The van der Waals surface area contributed by atoms with Gasteiger partial charge in [0.25, 0.3) is 5.91 Å². The number of likely N-dealkylation sites (tertiary alicyclic amines) is 1. The van der Waals surface area contributed by atoms with Crippen molar-refractivity contribution >= 4 is 5.91 Å². The van der Waals surface area contributed by atoms with Crippen molar-refractivity contribution in [1.82, 2.24) is 14.8 Å². The smallest absolute Gasteiger partial charge is 0.252 e. The van der Waals surface area contributed by atoms with Crippen molar-refractivity contribution in [2.45, 2.75) is 18.9 Å². The van der Waals surface area contributed by atoms with E-state index in [1.54, 1.807) is 19.2 Å². The Morgan fingerprint density at radius 1 is 1.16 bits per heavy atom. The third-order valence-electron chi connectivity index (χ3n) is 4.64. The first-order valence-corrected chi connectivity index (χ1v) is 8.49. The molecular weight excluding hydrogens is 321 g/mol. The molecule has 1 fully saturated rings. The molecule has 1 aromatic carbocycles. The molecular formula is C19H22FN3O2. The minimum absolute atomic E-state index is 0.0135. The second kappa shape index (κ2) is 7.61. The fourth-order valence-corrected chi connectivity index (χ4v) is 3.22. The predicted octanol–water partition coefficient (Wildman–Crippen LogP) is 2.09. The zero-order valence-electron chi connectivity index (χ0n) is 14.2. The molecule has 0 bridgehead atoms. The van der Waals surface area contributed by atoms with Crippen LogP contribution in [0.25, 0.3) is 0 Å². The third-order valence-corrected chi connectivity index (χ3v) is 4.64. The highest BCUT2D eigenvalue weighted by atomic mass is 19.1. The van der Waals surface area contributed by atoms with E-state index in [0.717, 1.165) is 31.5 Å². The molecule has 0 radical (unpaired) electrons. The van der Waals surface area contributed by atoms with Gasteiger partial charge in [-0.15, -0.1) is 0 Å². The van der Waals surface area contributed by atoms with Gasteiger partial charge in [-0.3, -0.25) is 14.5 Å². The molecule has 1 N–H and O–H groups in total. The summed E-state index contributed by atoms with van der Waals surface area (Å²) >= 11 is 0. The molecule has 2 heterocycles. The summed E-state index contributed by atoms with van der Waals surface area (Å²) in [7, 11) is 1.62. The maximum absolute atomic E-state index is 13.2. The van der Waals surface area contributed by atoms with Crippen LogP contribution in [0.5, 0.6) is 0 Å². The quantitative estimate of drug-likeness (QED) is 0.904. The lowest BCUT2D eigenvalue weighted by Crippen LogP contribution is -2.37. The molecule has 2 aromatic rings. The molecule has 1 aliphatic heterocycles. The van der Waals surface area contributed by atoms with Gasteiger partial charge in [-0.1, -0.05) is 12.1 Å². The zero-order valence-corrected chi connectivity index (χ0v) is 14.2. The Kier molecular flexibility index (Phi) is 5.28. The van der Waals surface area contributed by atoms with E-state index in [1.165, 1.54) is 35.0 Å². The molecule has 1 atom stereocenters. The lowest BCUT2D eigenvalue weighted by atomic mass is 10.1. The summed E-state index contributed by atoms with van der Waals surface area (Å²) in [5.41, 5.74) is 1.28. The molecule has 0 unspecified atom stereocenters. The summed E-state index contributed by atoms with van der Waals surface area (Å²) in [6.45, 7) is 2.38. The van der Waals surface area contributed by atoms with Crippen LogP contribution in [-0.2, 0) is 7.05 Å². The predicted molar refractivity (Wildman–Crippen MR) is 94.0 cm³/mol. The molecule has 1 amide bonds. The number of aromatic nitrogens is 1.